The summed E-state index contributed by atoms with van der Waals surface area (Å²) in [6.45, 7) is 0.624. The Balaban J connectivity index is 1.60. The average molecular weight is 384 g/mol. The Morgan fingerprint density at radius 2 is 1.89 bits per heavy atom. The highest BCUT2D eigenvalue weighted by Gasteiger charge is 2.27. The van der Waals surface area contributed by atoms with Gasteiger partial charge in [0.15, 0.2) is 0 Å². The zero-order valence-corrected chi connectivity index (χ0v) is 15.6. The van der Waals surface area contributed by atoms with Crippen LogP contribution in [-0.2, 0) is 17.8 Å². The fourth-order valence-electron chi connectivity index (χ4n) is 2.92. The number of carbonyl (C=O) groups is 1. The third-order valence-corrected chi connectivity index (χ3v) is 5.65. The van der Waals surface area contributed by atoms with Gasteiger partial charge in [0.2, 0.25) is 0 Å². The zero-order valence-electron chi connectivity index (χ0n) is 14.8. The van der Waals surface area contributed by atoms with E-state index in [0.717, 1.165) is 29.7 Å². The highest BCUT2D eigenvalue weighted by atomic mass is 32.2. The topological polar surface area (TPSA) is 53.4 Å². The van der Waals surface area contributed by atoms with Crippen molar-refractivity contribution < 1.29 is 14.3 Å². The van der Waals surface area contributed by atoms with E-state index in [1.165, 1.54) is 12.1 Å². The molecule has 2 heterocycles. The number of aromatic nitrogens is 1. The van der Waals surface area contributed by atoms with Crippen molar-refractivity contribution in [3.05, 3.63) is 89.7 Å². The summed E-state index contributed by atoms with van der Waals surface area (Å²) in [7, 11) is 0. The number of halogens is 1. The fourth-order valence-corrected chi connectivity index (χ4v) is 4.15. The molecule has 140 valence electrons. The molecule has 0 saturated heterocycles. The van der Waals surface area contributed by atoms with E-state index in [4.69, 9.17) is 0 Å². The third kappa shape index (κ3) is 5.44. The van der Waals surface area contributed by atoms with Gasteiger partial charge in [-0.1, -0.05) is 12.1 Å². The first kappa shape index (κ1) is 19.2. The highest BCUT2D eigenvalue weighted by Crippen LogP contribution is 2.29. The van der Waals surface area contributed by atoms with Crippen LogP contribution in [0.5, 0.6) is 0 Å². The molecule has 0 bridgehead atoms. The lowest BCUT2D eigenvalue weighted by atomic mass is 10.1. The molecule has 3 rings (SSSR count). The second-order valence-electron chi connectivity index (χ2n) is 6.25. The van der Waals surface area contributed by atoms with Crippen LogP contribution in [0.3, 0.4) is 0 Å². The lowest BCUT2D eigenvalue weighted by Crippen LogP contribution is -2.34. The zero-order chi connectivity index (χ0) is 19.1. The molecule has 0 radical (unpaired) electrons. The van der Waals surface area contributed by atoms with E-state index in [1.54, 1.807) is 48.4 Å². The van der Waals surface area contributed by atoms with E-state index in [0.29, 0.717) is 12.1 Å². The minimum atomic E-state index is -0.893. The van der Waals surface area contributed by atoms with Crippen molar-refractivity contribution in [3.63, 3.8) is 0 Å². The maximum atomic E-state index is 13.0. The molecule has 1 aliphatic heterocycles. The van der Waals surface area contributed by atoms with E-state index in [-0.39, 0.29) is 11.2 Å². The predicted octanol–water partition coefficient (Wildman–Crippen LogP) is 4.25. The van der Waals surface area contributed by atoms with Crippen LogP contribution in [0.2, 0.25) is 0 Å². The second-order valence-corrected chi connectivity index (χ2v) is 7.44. The number of pyridine rings is 1. The largest absolute Gasteiger partial charge is 0.478 e. The summed E-state index contributed by atoms with van der Waals surface area (Å²) in [5.74, 6) is -0.312. The number of hydrogen-bond donors (Lipinski definition) is 1. The number of carboxylic acids is 1. The van der Waals surface area contributed by atoms with Crippen molar-refractivity contribution >= 4 is 17.7 Å². The monoisotopic (exact) mass is 384 g/mol. The predicted molar refractivity (Wildman–Crippen MR) is 106 cm³/mol. The molecule has 1 N–H and O–H groups in total. The van der Waals surface area contributed by atoms with Crippen molar-refractivity contribution in [1.29, 1.82) is 0 Å². The molecule has 1 aromatic carbocycles. The van der Waals surface area contributed by atoms with E-state index in [1.807, 2.05) is 23.2 Å². The van der Waals surface area contributed by atoms with Gasteiger partial charge >= 0.3 is 5.97 Å². The first-order valence-corrected chi connectivity index (χ1v) is 9.81. The Labute approximate surface area is 162 Å². The molecule has 0 saturated carbocycles. The van der Waals surface area contributed by atoms with Gasteiger partial charge in [0.1, 0.15) is 11.2 Å². The standard InChI is InChI=1S/C21H21FN2O2S/c22-18-7-5-16(6-8-18)3-2-14-27-20-19(21(25)26)4-1-13-24(20)15-17-9-11-23-12-10-17/h1,4-13,20H,2-3,14-15H2,(H,25,26). The van der Waals surface area contributed by atoms with Crippen molar-refractivity contribution in [2.75, 3.05) is 5.75 Å². The van der Waals surface area contributed by atoms with Gasteiger partial charge < -0.3 is 10.0 Å². The summed E-state index contributed by atoms with van der Waals surface area (Å²) < 4.78 is 13.0. The Hall–Kier alpha value is -2.60. The van der Waals surface area contributed by atoms with Gasteiger partial charge in [-0.15, -0.1) is 11.8 Å². The number of aryl methyl sites for hydroxylation is 1. The second kappa shape index (κ2) is 9.37. The Morgan fingerprint density at radius 1 is 1.15 bits per heavy atom. The number of carboxylic acid groups (broad SMARTS) is 1. The van der Waals surface area contributed by atoms with Gasteiger partial charge in [-0.05, 0) is 66.1 Å². The molecule has 27 heavy (non-hydrogen) atoms. The van der Waals surface area contributed by atoms with Crippen LogP contribution in [0.1, 0.15) is 17.5 Å². The van der Waals surface area contributed by atoms with Crippen LogP contribution in [0, 0.1) is 5.82 Å². The number of hydrogen-bond acceptors (Lipinski definition) is 4. The van der Waals surface area contributed by atoms with Gasteiger partial charge in [-0.25, -0.2) is 9.18 Å². The number of nitrogens with zero attached hydrogens (tertiary/aromatic N) is 2. The number of rotatable bonds is 8. The summed E-state index contributed by atoms with van der Waals surface area (Å²) in [6.07, 6.45) is 10.6. The molecule has 1 aliphatic rings. The summed E-state index contributed by atoms with van der Waals surface area (Å²) in [6, 6.07) is 10.4. The number of aliphatic carboxylic acids is 1. The Kier molecular flexibility index (Phi) is 6.65. The quantitative estimate of drug-likeness (QED) is 0.690. The summed E-state index contributed by atoms with van der Waals surface area (Å²) in [5.41, 5.74) is 2.56. The molecular formula is C21H21FN2O2S. The summed E-state index contributed by atoms with van der Waals surface area (Å²) in [4.78, 5) is 17.7. The van der Waals surface area contributed by atoms with E-state index in [9.17, 15) is 14.3 Å². The van der Waals surface area contributed by atoms with Crippen LogP contribution in [0.15, 0.2) is 72.7 Å². The van der Waals surface area contributed by atoms with Crippen LogP contribution in [0.25, 0.3) is 0 Å². The summed E-state index contributed by atoms with van der Waals surface area (Å²) >= 11 is 1.62. The van der Waals surface area contributed by atoms with Gasteiger partial charge in [-0.2, -0.15) is 0 Å². The van der Waals surface area contributed by atoms with Crippen molar-refractivity contribution in [2.24, 2.45) is 0 Å². The Morgan fingerprint density at radius 3 is 2.59 bits per heavy atom. The fraction of sp³-hybridized carbons (Fsp3) is 0.238. The molecule has 4 nitrogen and oxygen atoms in total. The normalized spacial score (nSPS) is 16.3. The Bertz CT molecular complexity index is 822. The molecular weight excluding hydrogens is 363 g/mol. The lowest BCUT2D eigenvalue weighted by molar-refractivity contribution is -0.133. The maximum absolute atomic E-state index is 13.0. The van der Waals surface area contributed by atoms with E-state index < -0.39 is 5.97 Å². The molecule has 0 aliphatic carbocycles. The minimum Gasteiger partial charge on any atom is -0.478 e. The van der Waals surface area contributed by atoms with E-state index in [2.05, 4.69) is 4.98 Å². The van der Waals surface area contributed by atoms with Crippen molar-refractivity contribution in [3.8, 4) is 0 Å². The molecule has 1 aromatic heterocycles. The first-order valence-electron chi connectivity index (χ1n) is 8.76. The smallest absolute Gasteiger partial charge is 0.334 e. The molecule has 6 heteroatoms. The number of allylic oxidation sites excluding steroid dienone is 2. The van der Waals surface area contributed by atoms with Crippen LogP contribution < -0.4 is 0 Å². The number of benzene rings is 1. The molecule has 0 spiro atoms. The SMILES string of the molecule is O=C(O)C1=CC=CN(Cc2ccncc2)C1SCCCc1ccc(F)cc1. The van der Waals surface area contributed by atoms with Gasteiger partial charge in [0.05, 0.1) is 5.57 Å². The van der Waals surface area contributed by atoms with Gasteiger partial charge in [0, 0.05) is 25.1 Å². The first-order chi connectivity index (χ1) is 13.1. The van der Waals surface area contributed by atoms with Crippen molar-refractivity contribution in [1.82, 2.24) is 9.88 Å². The molecule has 0 fully saturated rings. The molecule has 1 unspecified atom stereocenters. The highest BCUT2D eigenvalue weighted by molar-refractivity contribution is 8.00. The van der Waals surface area contributed by atoms with Gasteiger partial charge in [-0.3, -0.25) is 4.98 Å². The van der Waals surface area contributed by atoms with Gasteiger partial charge in [0.25, 0.3) is 0 Å². The third-order valence-electron chi connectivity index (χ3n) is 4.28. The van der Waals surface area contributed by atoms with E-state index >= 15 is 0 Å². The number of thioether (sulfide) groups is 1. The molecule has 0 amide bonds. The minimum absolute atomic E-state index is 0.231. The lowest BCUT2D eigenvalue weighted by Gasteiger charge is -2.33. The molecule has 1 atom stereocenters. The van der Waals surface area contributed by atoms with Crippen LogP contribution in [0.4, 0.5) is 4.39 Å². The van der Waals surface area contributed by atoms with Crippen LogP contribution >= 0.6 is 11.8 Å². The average Bonchev–Trinajstić information content (AvgIpc) is 2.68. The maximum Gasteiger partial charge on any atom is 0.334 e. The summed E-state index contributed by atoms with van der Waals surface area (Å²) in [5, 5.41) is 9.32. The molecule has 2 aromatic rings. The van der Waals surface area contributed by atoms with Crippen LogP contribution in [-0.4, -0.2) is 32.1 Å². The van der Waals surface area contributed by atoms with Crippen molar-refractivity contribution in [2.45, 2.75) is 24.8 Å².